The van der Waals surface area contributed by atoms with Crippen LogP contribution in [0.2, 0.25) is 0 Å². The number of aromatic nitrogens is 4. The minimum atomic E-state index is 0.190. The summed E-state index contributed by atoms with van der Waals surface area (Å²) in [6, 6.07) is 4.23. The van der Waals surface area contributed by atoms with Gasteiger partial charge in [-0.1, -0.05) is 13.0 Å². The van der Waals surface area contributed by atoms with Crippen molar-refractivity contribution in [2.75, 3.05) is 0 Å². The van der Waals surface area contributed by atoms with Gasteiger partial charge in [-0.05, 0) is 30.9 Å². The molecular formula is C14H22N6. The summed E-state index contributed by atoms with van der Waals surface area (Å²) >= 11 is 0. The van der Waals surface area contributed by atoms with Crippen molar-refractivity contribution >= 4 is 0 Å². The average Bonchev–Trinajstić information content (AvgIpc) is 2.92. The Morgan fingerprint density at radius 3 is 3.05 bits per heavy atom. The van der Waals surface area contributed by atoms with Crippen molar-refractivity contribution in [3.63, 3.8) is 0 Å². The van der Waals surface area contributed by atoms with Crippen molar-refractivity contribution in [1.29, 1.82) is 0 Å². The molecule has 0 saturated heterocycles. The van der Waals surface area contributed by atoms with Gasteiger partial charge in [0.2, 0.25) is 0 Å². The molecule has 20 heavy (non-hydrogen) atoms. The predicted octanol–water partition coefficient (Wildman–Crippen LogP) is 1.09. The number of hydrogen-bond donors (Lipinski definition) is 2. The van der Waals surface area contributed by atoms with Crippen LogP contribution in [0.15, 0.2) is 30.9 Å². The molecule has 0 bridgehead atoms. The highest BCUT2D eigenvalue weighted by atomic mass is 15.3. The zero-order chi connectivity index (χ0) is 14.2. The van der Waals surface area contributed by atoms with Crippen LogP contribution in [0.4, 0.5) is 0 Å². The third kappa shape index (κ3) is 4.11. The molecule has 0 aliphatic rings. The normalized spacial score (nSPS) is 12.5. The smallest absolute Gasteiger partial charge is 0.138 e. The number of hydrazine groups is 1. The van der Waals surface area contributed by atoms with Crippen LogP contribution in [0.1, 0.15) is 31.2 Å². The van der Waals surface area contributed by atoms with Crippen LogP contribution in [-0.2, 0) is 19.4 Å². The first-order valence-electron chi connectivity index (χ1n) is 7.05. The maximum absolute atomic E-state index is 5.65. The fourth-order valence-electron chi connectivity index (χ4n) is 2.20. The molecule has 2 rings (SSSR count). The number of rotatable bonds is 8. The van der Waals surface area contributed by atoms with Gasteiger partial charge >= 0.3 is 0 Å². The van der Waals surface area contributed by atoms with E-state index in [1.807, 2.05) is 16.9 Å². The average molecular weight is 274 g/mol. The van der Waals surface area contributed by atoms with E-state index in [1.165, 1.54) is 5.56 Å². The first-order chi connectivity index (χ1) is 9.83. The molecule has 2 aromatic heterocycles. The second-order valence-electron chi connectivity index (χ2n) is 4.87. The highest BCUT2D eigenvalue weighted by Crippen LogP contribution is 2.08. The molecule has 0 amide bonds. The van der Waals surface area contributed by atoms with Crippen LogP contribution in [0, 0.1) is 0 Å². The molecule has 0 spiro atoms. The number of nitrogens with one attached hydrogen (secondary N) is 1. The van der Waals surface area contributed by atoms with E-state index in [-0.39, 0.29) is 6.04 Å². The molecule has 0 radical (unpaired) electrons. The summed E-state index contributed by atoms with van der Waals surface area (Å²) in [5.74, 6) is 6.64. The molecule has 6 nitrogen and oxygen atoms in total. The molecule has 0 fully saturated rings. The van der Waals surface area contributed by atoms with Gasteiger partial charge in [-0.25, -0.2) is 4.98 Å². The molecule has 0 aliphatic heterocycles. The van der Waals surface area contributed by atoms with Crippen molar-refractivity contribution in [3.8, 4) is 0 Å². The van der Waals surface area contributed by atoms with Crippen molar-refractivity contribution in [2.24, 2.45) is 5.84 Å². The quantitative estimate of drug-likeness (QED) is 0.556. The summed E-state index contributed by atoms with van der Waals surface area (Å²) in [6.45, 7) is 3.03. The Morgan fingerprint density at radius 1 is 1.45 bits per heavy atom. The summed E-state index contributed by atoms with van der Waals surface area (Å²) in [4.78, 5) is 8.45. The standard InChI is InChI=1S/C14H22N6/c1-2-8-20-14(17-11-18-20)9-13(19-15)6-5-12-4-3-7-16-10-12/h3-4,7,10-11,13,19H,2,5-6,8-9,15H2,1H3. The monoisotopic (exact) mass is 274 g/mol. The van der Waals surface area contributed by atoms with Gasteiger partial charge in [0.25, 0.3) is 0 Å². The second kappa shape index (κ2) is 7.72. The van der Waals surface area contributed by atoms with Gasteiger partial charge in [0.05, 0.1) is 0 Å². The van der Waals surface area contributed by atoms with Gasteiger partial charge in [-0.15, -0.1) is 0 Å². The van der Waals surface area contributed by atoms with E-state index in [0.29, 0.717) is 0 Å². The van der Waals surface area contributed by atoms with Gasteiger partial charge < -0.3 is 0 Å². The highest BCUT2D eigenvalue weighted by Gasteiger charge is 2.12. The Kier molecular flexibility index (Phi) is 5.64. The minimum Gasteiger partial charge on any atom is -0.271 e. The molecule has 108 valence electrons. The van der Waals surface area contributed by atoms with Crippen molar-refractivity contribution in [1.82, 2.24) is 25.2 Å². The van der Waals surface area contributed by atoms with Crippen LogP contribution in [0.3, 0.4) is 0 Å². The van der Waals surface area contributed by atoms with Crippen molar-refractivity contribution in [3.05, 3.63) is 42.2 Å². The van der Waals surface area contributed by atoms with Gasteiger partial charge in [0.1, 0.15) is 12.2 Å². The largest absolute Gasteiger partial charge is 0.271 e. The van der Waals surface area contributed by atoms with Gasteiger partial charge in [0, 0.05) is 31.4 Å². The molecule has 2 heterocycles. The van der Waals surface area contributed by atoms with E-state index in [9.17, 15) is 0 Å². The Morgan fingerprint density at radius 2 is 2.35 bits per heavy atom. The molecule has 0 saturated carbocycles. The summed E-state index contributed by atoms with van der Waals surface area (Å²) in [7, 11) is 0. The zero-order valence-corrected chi connectivity index (χ0v) is 11.9. The number of pyridine rings is 1. The first kappa shape index (κ1) is 14.6. The molecule has 6 heteroatoms. The fourth-order valence-corrected chi connectivity index (χ4v) is 2.20. The van der Waals surface area contributed by atoms with Crippen LogP contribution < -0.4 is 11.3 Å². The lowest BCUT2D eigenvalue weighted by molar-refractivity contribution is 0.461. The lowest BCUT2D eigenvalue weighted by Gasteiger charge is -2.15. The van der Waals surface area contributed by atoms with Crippen LogP contribution >= 0.6 is 0 Å². The number of nitrogens with two attached hydrogens (primary N) is 1. The number of nitrogens with zero attached hydrogens (tertiary/aromatic N) is 4. The fraction of sp³-hybridized carbons (Fsp3) is 0.500. The van der Waals surface area contributed by atoms with Gasteiger partial charge in [-0.3, -0.25) is 20.9 Å². The Hall–Kier alpha value is -1.79. The molecule has 2 aromatic rings. The maximum Gasteiger partial charge on any atom is 0.138 e. The van der Waals surface area contributed by atoms with Gasteiger partial charge in [-0.2, -0.15) is 5.10 Å². The highest BCUT2D eigenvalue weighted by molar-refractivity contribution is 5.08. The first-order valence-corrected chi connectivity index (χ1v) is 7.05. The molecule has 1 atom stereocenters. The SMILES string of the molecule is CCCn1ncnc1CC(CCc1cccnc1)NN. The van der Waals surface area contributed by atoms with Crippen LogP contribution in [-0.4, -0.2) is 25.8 Å². The lowest BCUT2D eigenvalue weighted by atomic mass is 10.0. The Bertz CT molecular complexity index is 495. The summed E-state index contributed by atoms with van der Waals surface area (Å²) in [5.41, 5.74) is 4.10. The predicted molar refractivity (Wildman–Crippen MR) is 77.7 cm³/mol. The summed E-state index contributed by atoms with van der Waals surface area (Å²) in [5, 5.41) is 4.24. The van der Waals surface area contributed by atoms with E-state index >= 15 is 0 Å². The third-order valence-corrected chi connectivity index (χ3v) is 3.30. The summed E-state index contributed by atoms with van der Waals surface area (Å²) < 4.78 is 1.95. The van der Waals surface area contributed by atoms with Crippen LogP contribution in [0.5, 0.6) is 0 Å². The van der Waals surface area contributed by atoms with E-state index in [2.05, 4.69) is 33.5 Å². The van der Waals surface area contributed by atoms with Crippen LogP contribution in [0.25, 0.3) is 0 Å². The molecule has 0 aromatic carbocycles. The Labute approximate surface area is 119 Å². The minimum absolute atomic E-state index is 0.190. The van der Waals surface area contributed by atoms with Gasteiger partial charge in [0.15, 0.2) is 0 Å². The molecule has 0 aliphatic carbocycles. The zero-order valence-electron chi connectivity index (χ0n) is 11.9. The summed E-state index contributed by atoms with van der Waals surface area (Å²) in [6.07, 6.45) is 9.03. The van der Waals surface area contributed by atoms with Crippen molar-refractivity contribution < 1.29 is 0 Å². The number of hydrogen-bond acceptors (Lipinski definition) is 5. The third-order valence-electron chi connectivity index (χ3n) is 3.30. The maximum atomic E-state index is 5.65. The topological polar surface area (TPSA) is 81.7 Å². The van der Waals surface area contributed by atoms with E-state index in [4.69, 9.17) is 5.84 Å². The van der Waals surface area contributed by atoms with E-state index < -0.39 is 0 Å². The molecule has 3 N–H and O–H groups in total. The second-order valence-corrected chi connectivity index (χ2v) is 4.87. The van der Waals surface area contributed by atoms with Crippen molar-refractivity contribution in [2.45, 2.75) is 45.2 Å². The number of aryl methyl sites for hydroxylation is 2. The van der Waals surface area contributed by atoms with E-state index in [0.717, 1.165) is 38.1 Å². The Balaban J connectivity index is 1.90. The lowest BCUT2D eigenvalue weighted by Crippen LogP contribution is -2.38. The van der Waals surface area contributed by atoms with E-state index in [1.54, 1.807) is 12.5 Å². The molecule has 1 unspecified atom stereocenters. The molecular weight excluding hydrogens is 252 g/mol.